The van der Waals surface area contributed by atoms with E-state index in [1.807, 2.05) is 54.3 Å². The first-order valence-electron chi connectivity index (χ1n) is 25.8. The molecule has 384 valence electrons. The van der Waals surface area contributed by atoms with Crippen LogP contribution in [0, 0.1) is 12.7 Å². The first-order chi connectivity index (χ1) is 35.8. The predicted molar refractivity (Wildman–Crippen MR) is 276 cm³/mol. The summed E-state index contributed by atoms with van der Waals surface area (Å²) in [6.07, 6.45) is 4.98. The zero-order chi connectivity index (χ0) is 51.1. The van der Waals surface area contributed by atoms with Crippen LogP contribution < -0.4 is 30.7 Å². The highest BCUT2D eigenvalue weighted by Crippen LogP contribution is 2.53. The Hall–Kier alpha value is -7.22. The highest BCUT2D eigenvalue weighted by molar-refractivity contribution is 6.06. The van der Waals surface area contributed by atoms with Gasteiger partial charge in [0.05, 0.1) is 28.9 Å². The van der Waals surface area contributed by atoms with Crippen LogP contribution in [0.4, 0.5) is 10.2 Å². The van der Waals surface area contributed by atoms with Crippen molar-refractivity contribution in [3.05, 3.63) is 105 Å². The van der Waals surface area contributed by atoms with Crippen molar-refractivity contribution in [3.8, 4) is 22.9 Å². The normalized spacial score (nSPS) is 21.6. The van der Waals surface area contributed by atoms with E-state index in [9.17, 15) is 19.2 Å². The molecular formula is C55H60FN11O7. The number of carbonyl (C=O) groups excluding carboxylic acids is 3. The predicted octanol–water partition coefficient (Wildman–Crippen LogP) is 6.02. The fraction of sp³-hybridized carbons (Fsp3) is 0.436. The molecule has 5 aliphatic rings. The summed E-state index contributed by atoms with van der Waals surface area (Å²) in [6.45, 7) is 10.3. The Balaban J connectivity index is 0.813. The lowest BCUT2D eigenvalue weighted by atomic mass is 9.88. The van der Waals surface area contributed by atoms with Crippen LogP contribution in [-0.2, 0) is 34.5 Å². The number of piperazine rings is 2. The Morgan fingerprint density at radius 3 is 2.47 bits per heavy atom. The zero-order valence-corrected chi connectivity index (χ0v) is 42.2. The molecule has 3 N–H and O–H groups in total. The quantitative estimate of drug-likeness (QED) is 0.107. The number of ether oxygens (including phenoxy) is 3. The standard InChI is InChI=1S/C55H60FN11O7/c1-29-24-64(25-33-8-13-43-45(18-33)63(4)55(71)67(43)44-14-15-46(68)59-52(44)69)16-17-65(29)53(70)35-9-6-32(7-10-35)28-73-50-48(47-31(3)41(56)21-42-40(47)23-58-62-42)38(34-11-12-34)20-39-49(50)60-54(74-27-30(2)72-5)61-51(39)66-26-36-19-37(66)22-57-36/h6-10,13,18,20-21,23,29-30,34,36-37,44,57H,11-12,14-17,19,22,24-28H2,1-5H3,(H,58,62)(H,59,68,69)/t29-,30-,36-,37-,44?/m0/s1. The van der Waals surface area contributed by atoms with Crippen molar-refractivity contribution in [1.82, 2.24) is 49.7 Å². The lowest BCUT2D eigenvalue weighted by molar-refractivity contribution is -0.135. The van der Waals surface area contributed by atoms with Crippen LogP contribution in [0.3, 0.4) is 0 Å². The van der Waals surface area contributed by atoms with Gasteiger partial charge in [0, 0.05) is 105 Å². The number of H-pyrrole nitrogens is 1. The Kier molecular flexibility index (Phi) is 12.2. The summed E-state index contributed by atoms with van der Waals surface area (Å²) in [6, 6.07) is 17.1. The average Bonchev–Trinajstić information content (AvgIpc) is 3.64. The summed E-state index contributed by atoms with van der Waals surface area (Å²) < 4.78 is 38.0. The molecule has 4 saturated heterocycles. The lowest BCUT2D eigenvalue weighted by Crippen LogP contribution is -2.53. The van der Waals surface area contributed by atoms with Gasteiger partial charge in [-0.1, -0.05) is 18.2 Å². The van der Waals surface area contributed by atoms with Crippen molar-refractivity contribution in [2.75, 3.05) is 51.3 Å². The number of carbonyl (C=O) groups is 3. The Bertz CT molecular complexity index is 3460. The van der Waals surface area contributed by atoms with Gasteiger partial charge < -0.3 is 29.3 Å². The number of anilines is 1. The molecule has 2 bridgehead atoms. The number of imidazole rings is 1. The molecule has 1 saturated carbocycles. The third-order valence-corrected chi connectivity index (χ3v) is 16.0. The number of methoxy groups -OCH3 is 1. The number of benzene rings is 4. The number of hydrogen-bond acceptors (Lipinski definition) is 13. The van der Waals surface area contributed by atoms with E-state index >= 15 is 4.39 Å². The van der Waals surface area contributed by atoms with Gasteiger partial charge in [0.1, 0.15) is 36.4 Å². The molecule has 3 amide bonds. The van der Waals surface area contributed by atoms with E-state index in [-0.39, 0.29) is 79.5 Å². The molecule has 18 nitrogen and oxygen atoms in total. The summed E-state index contributed by atoms with van der Waals surface area (Å²) in [7, 11) is 3.34. The molecule has 4 aromatic carbocycles. The van der Waals surface area contributed by atoms with Crippen molar-refractivity contribution in [3.63, 3.8) is 0 Å². The summed E-state index contributed by atoms with van der Waals surface area (Å²) in [5.41, 5.74) is 7.65. The first-order valence-corrected chi connectivity index (χ1v) is 25.8. The van der Waals surface area contributed by atoms with E-state index in [2.05, 4.69) is 43.6 Å². The molecule has 0 spiro atoms. The molecular weight excluding hydrogens is 946 g/mol. The molecule has 5 atom stereocenters. The third-order valence-electron chi connectivity index (χ3n) is 16.0. The number of rotatable bonds is 14. The van der Waals surface area contributed by atoms with Crippen molar-refractivity contribution in [1.29, 1.82) is 0 Å². The van der Waals surface area contributed by atoms with Gasteiger partial charge >= 0.3 is 11.7 Å². The smallest absolute Gasteiger partial charge is 0.329 e. The molecule has 19 heteroatoms. The maximum Gasteiger partial charge on any atom is 0.329 e. The van der Waals surface area contributed by atoms with E-state index in [1.54, 1.807) is 31.8 Å². The second-order valence-corrected chi connectivity index (χ2v) is 20.9. The van der Waals surface area contributed by atoms with Crippen LogP contribution in [0.1, 0.15) is 90.5 Å². The number of halogens is 1. The van der Waals surface area contributed by atoms with Crippen LogP contribution in [0.5, 0.6) is 11.8 Å². The number of aromatic amines is 1. The monoisotopic (exact) mass is 1010 g/mol. The molecule has 4 aliphatic heterocycles. The second kappa shape index (κ2) is 18.9. The largest absolute Gasteiger partial charge is 0.486 e. The second-order valence-electron chi connectivity index (χ2n) is 20.9. The number of amides is 3. The van der Waals surface area contributed by atoms with Gasteiger partial charge in [0.25, 0.3) is 5.91 Å². The molecule has 12 rings (SSSR count). The van der Waals surface area contributed by atoms with E-state index in [4.69, 9.17) is 24.2 Å². The lowest BCUT2D eigenvalue weighted by Gasteiger charge is -2.40. The number of fused-ring (bicyclic) bond motifs is 5. The van der Waals surface area contributed by atoms with Gasteiger partial charge in [-0.05, 0) is 111 Å². The molecule has 1 aliphatic carbocycles. The van der Waals surface area contributed by atoms with Crippen LogP contribution in [-0.4, -0.2) is 127 Å². The summed E-state index contributed by atoms with van der Waals surface area (Å²) in [5.74, 6) is 0.329. The van der Waals surface area contributed by atoms with Crippen LogP contribution >= 0.6 is 0 Å². The Morgan fingerprint density at radius 2 is 1.74 bits per heavy atom. The molecule has 5 fully saturated rings. The minimum Gasteiger partial charge on any atom is -0.486 e. The summed E-state index contributed by atoms with van der Waals surface area (Å²) in [5, 5.41) is 15.0. The van der Waals surface area contributed by atoms with Gasteiger partial charge in [0.15, 0.2) is 5.75 Å². The highest BCUT2D eigenvalue weighted by atomic mass is 19.1. The van der Waals surface area contributed by atoms with Crippen LogP contribution in [0.25, 0.3) is 44.0 Å². The number of aromatic nitrogens is 6. The van der Waals surface area contributed by atoms with Crippen molar-refractivity contribution < 1.29 is 33.0 Å². The zero-order valence-electron chi connectivity index (χ0n) is 42.2. The SMILES string of the molecule is CO[C@@H](C)COc1nc(N2C[C@@H]3C[C@H]2CN3)c2cc(C3CC3)c(-c3c(C)c(F)cc4[nH]ncc34)c(OCc3ccc(C(=O)N4CCN(Cc5ccc6c(c5)n(C)c(=O)n6C5CCC(=O)NC5=O)C[C@@H]4C)cc3)c2n1. The first kappa shape index (κ1) is 47.8. The third kappa shape index (κ3) is 8.53. The molecule has 7 heterocycles. The van der Waals surface area contributed by atoms with Gasteiger partial charge in [-0.15, -0.1) is 0 Å². The average molecular weight is 1010 g/mol. The maximum absolute atomic E-state index is 16.0. The highest BCUT2D eigenvalue weighted by Gasteiger charge is 2.41. The fourth-order valence-electron chi connectivity index (χ4n) is 11.7. The Labute approximate surface area is 426 Å². The van der Waals surface area contributed by atoms with Crippen molar-refractivity contribution in [2.24, 2.45) is 7.05 Å². The minimum absolute atomic E-state index is 0.0580. The number of nitrogens with zero attached hydrogens (tertiary/aromatic N) is 8. The Morgan fingerprint density at radius 1 is 0.932 bits per heavy atom. The van der Waals surface area contributed by atoms with Crippen LogP contribution in [0.15, 0.2) is 65.6 Å². The number of nitrogens with one attached hydrogen (secondary N) is 3. The van der Waals surface area contributed by atoms with Gasteiger partial charge in [-0.25, -0.2) is 9.18 Å². The van der Waals surface area contributed by atoms with Crippen molar-refractivity contribution >= 4 is 56.4 Å². The summed E-state index contributed by atoms with van der Waals surface area (Å²) in [4.78, 5) is 68.9. The number of piperidine rings is 1. The molecule has 0 radical (unpaired) electrons. The maximum atomic E-state index is 16.0. The van der Waals surface area contributed by atoms with E-state index in [0.29, 0.717) is 76.7 Å². The molecule has 1 unspecified atom stereocenters. The topological polar surface area (TPSA) is 194 Å². The van der Waals surface area contributed by atoms with Gasteiger partial charge in [-0.2, -0.15) is 15.1 Å². The van der Waals surface area contributed by atoms with E-state index in [0.717, 1.165) is 71.2 Å². The van der Waals surface area contributed by atoms with E-state index in [1.165, 1.54) is 10.6 Å². The van der Waals surface area contributed by atoms with Gasteiger partial charge in [-0.3, -0.25) is 38.8 Å². The van der Waals surface area contributed by atoms with Crippen molar-refractivity contribution in [2.45, 2.75) is 102 Å². The van der Waals surface area contributed by atoms with Crippen LogP contribution in [0.2, 0.25) is 0 Å². The molecule has 74 heavy (non-hydrogen) atoms. The number of aryl methyl sites for hydroxylation is 1. The molecule has 7 aromatic rings. The number of hydrogen-bond donors (Lipinski definition) is 3. The van der Waals surface area contributed by atoms with E-state index < -0.39 is 11.9 Å². The number of imide groups is 1. The fourth-order valence-corrected chi connectivity index (χ4v) is 11.7. The van der Waals surface area contributed by atoms with Gasteiger partial charge in [0.2, 0.25) is 11.8 Å². The summed E-state index contributed by atoms with van der Waals surface area (Å²) >= 11 is 0. The minimum atomic E-state index is -0.746. The molecule has 3 aromatic heterocycles.